The zero-order valence-electron chi connectivity index (χ0n) is 9.95. The molecule has 4 nitrogen and oxygen atoms in total. The first kappa shape index (κ1) is 12.3. The summed E-state index contributed by atoms with van der Waals surface area (Å²) in [5.74, 6) is 0. The molecule has 0 saturated carbocycles. The Morgan fingerprint density at radius 3 is 2.53 bits per heavy atom. The maximum Gasteiger partial charge on any atom is 0.409 e. The molecule has 0 aromatic heterocycles. The Morgan fingerprint density at radius 1 is 1.40 bits per heavy atom. The molecule has 15 heavy (non-hydrogen) atoms. The SMILES string of the molecule is CCCCOC(=O)N1CC(C)NC(C)C1. The lowest BCUT2D eigenvalue weighted by molar-refractivity contribution is 0.0834. The van der Waals surface area contributed by atoms with Gasteiger partial charge in [0.2, 0.25) is 0 Å². The standard InChI is InChI=1S/C11H22N2O2/c1-4-5-6-15-11(14)13-7-9(2)12-10(3)8-13/h9-10,12H,4-8H2,1-3H3. The molecule has 1 rings (SSSR count). The number of rotatable bonds is 3. The van der Waals surface area contributed by atoms with Crippen LogP contribution in [0, 0.1) is 0 Å². The topological polar surface area (TPSA) is 41.6 Å². The molecule has 0 radical (unpaired) electrons. The minimum atomic E-state index is -0.163. The molecule has 0 aromatic carbocycles. The maximum absolute atomic E-state index is 11.6. The lowest BCUT2D eigenvalue weighted by Crippen LogP contribution is -2.55. The molecular weight excluding hydrogens is 192 g/mol. The monoisotopic (exact) mass is 214 g/mol. The van der Waals surface area contributed by atoms with E-state index in [1.165, 1.54) is 0 Å². The van der Waals surface area contributed by atoms with E-state index in [1.54, 1.807) is 4.90 Å². The second-order valence-corrected chi connectivity index (χ2v) is 4.34. The molecule has 0 spiro atoms. The first-order valence-corrected chi connectivity index (χ1v) is 5.81. The van der Waals surface area contributed by atoms with Gasteiger partial charge in [-0.25, -0.2) is 4.79 Å². The molecular formula is C11H22N2O2. The summed E-state index contributed by atoms with van der Waals surface area (Å²) in [4.78, 5) is 13.4. The summed E-state index contributed by atoms with van der Waals surface area (Å²) in [6.45, 7) is 8.29. The van der Waals surface area contributed by atoms with Crippen LogP contribution in [0.5, 0.6) is 0 Å². The van der Waals surface area contributed by atoms with Crippen molar-refractivity contribution in [2.75, 3.05) is 19.7 Å². The molecule has 4 heteroatoms. The predicted molar refractivity (Wildman–Crippen MR) is 59.9 cm³/mol. The fourth-order valence-electron chi connectivity index (χ4n) is 1.87. The Labute approximate surface area is 92.0 Å². The zero-order chi connectivity index (χ0) is 11.3. The van der Waals surface area contributed by atoms with Gasteiger partial charge in [-0.15, -0.1) is 0 Å². The van der Waals surface area contributed by atoms with Crippen LogP contribution in [0.1, 0.15) is 33.6 Å². The minimum absolute atomic E-state index is 0.163. The van der Waals surface area contributed by atoms with Crippen LogP contribution in [0.4, 0.5) is 4.79 Å². The van der Waals surface area contributed by atoms with E-state index in [2.05, 4.69) is 26.1 Å². The van der Waals surface area contributed by atoms with Crippen molar-refractivity contribution < 1.29 is 9.53 Å². The number of carbonyl (C=O) groups is 1. The molecule has 1 heterocycles. The highest BCUT2D eigenvalue weighted by molar-refractivity contribution is 5.67. The summed E-state index contributed by atoms with van der Waals surface area (Å²) < 4.78 is 5.18. The van der Waals surface area contributed by atoms with Gasteiger partial charge in [0.15, 0.2) is 0 Å². The van der Waals surface area contributed by atoms with E-state index in [1.807, 2.05) is 0 Å². The van der Waals surface area contributed by atoms with Crippen LogP contribution in [0.15, 0.2) is 0 Å². The van der Waals surface area contributed by atoms with Crippen molar-refractivity contribution in [1.29, 1.82) is 0 Å². The van der Waals surface area contributed by atoms with Crippen LogP contribution in [-0.2, 0) is 4.74 Å². The van der Waals surface area contributed by atoms with Gasteiger partial charge in [-0.3, -0.25) is 0 Å². The highest BCUT2D eigenvalue weighted by atomic mass is 16.6. The number of nitrogens with zero attached hydrogens (tertiary/aromatic N) is 1. The van der Waals surface area contributed by atoms with Crippen LogP contribution in [0.25, 0.3) is 0 Å². The number of hydrogen-bond acceptors (Lipinski definition) is 3. The Balaban J connectivity index is 2.31. The molecule has 1 N–H and O–H groups in total. The molecule has 0 aliphatic carbocycles. The number of carbonyl (C=O) groups excluding carboxylic acids is 1. The van der Waals surface area contributed by atoms with Gasteiger partial charge >= 0.3 is 6.09 Å². The van der Waals surface area contributed by atoms with Crippen molar-refractivity contribution in [2.24, 2.45) is 0 Å². The van der Waals surface area contributed by atoms with Gasteiger partial charge in [-0.1, -0.05) is 13.3 Å². The quantitative estimate of drug-likeness (QED) is 0.726. The zero-order valence-corrected chi connectivity index (χ0v) is 9.95. The summed E-state index contributed by atoms with van der Waals surface area (Å²) >= 11 is 0. The Bertz CT molecular complexity index is 199. The molecule has 88 valence electrons. The minimum Gasteiger partial charge on any atom is -0.449 e. The van der Waals surface area contributed by atoms with Gasteiger partial charge in [-0.05, 0) is 20.3 Å². The number of nitrogens with one attached hydrogen (secondary N) is 1. The molecule has 1 amide bonds. The molecule has 1 aliphatic heterocycles. The summed E-state index contributed by atoms with van der Waals surface area (Å²) in [6, 6.07) is 0.708. The summed E-state index contributed by atoms with van der Waals surface area (Å²) in [6.07, 6.45) is 1.84. The van der Waals surface area contributed by atoms with Gasteiger partial charge in [0.25, 0.3) is 0 Å². The first-order chi connectivity index (χ1) is 7.13. The predicted octanol–water partition coefficient (Wildman–Crippen LogP) is 1.61. The number of ether oxygens (including phenoxy) is 1. The summed E-state index contributed by atoms with van der Waals surface area (Å²) in [5.41, 5.74) is 0. The molecule has 2 unspecified atom stereocenters. The van der Waals surface area contributed by atoms with Gasteiger partial charge in [0.05, 0.1) is 6.61 Å². The van der Waals surface area contributed by atoms with E-state index in [4.69, 9.17) is 4.74 Å². The second-order valence-electron chi connectivity index (χ2n) is 4.34. The molecule has 1 fully saturated rings. The van der Waals surface area contributed by atoms with E-state index in [-0.39, 0.29) is 6.09 Å². The van der Waals surface area contributed by atoms with Crippen molar-refractivity contribution in [3.8, 4) is 0 Å². The Hall–Kier alpha value is -0.770. The fourth-order valence-corrected chi connectivity index (χ4v) is 1.87. The van der Waals surface area contributed by atoms with Crippen molar-refractivity contribution in [3.05, 3.63) is 0 Å². The van der Waals surface area contributed by atoms with Gasteiger partial charge in [0.1, 0.15) is 0 Å². The van der Waals surface area contributed by atoms with Crippen LogP contribution >= 0.6 is 0 Å². The fraction of sp³-hybridized carbons (Fsp3) is 0.909. The Kier molecular flexibility index (Phi) is 4.88. The molecule has 0 bridgehead atoms. The van der Waals surface area contributed by atoms with Crippen molar-refractivity contribution >= 4 is 6.09 Å². The highest BCUT2D eigenvalue weighted by Gasteiger charge is 2.25. The third kappa shape index (κ3) is 4.08. The van der Waals surface area contributed by atoms with Crippen LogP contribution in [0.2, 0.25) is 0 Å². The maximum atomic E-state index is 11.6. The molecule has 1 saturated heterocycles. The molecule has 0 aromatic rings. The normalized spacial score (nSPS) is 26.5. The number of piperazine rings is 1. The van der Waals surface area contributed by atoms with Gasteiger partial charge < -0.3 is 15.0 Å². The van der Waals surface area contributed by atoms with Crippen molar-refractivity contribution in [3.63, 3.8) is 0 Å². The summed E-state index contributed by atoms with van der Waals surface area (Å²) in [7, 11) is 0. The summed E-state index contributed by atoms with van der Waals surface area (Å²) in [5, 5.41) is 3.38. The number of amides is 1. The van der Waals surface area contributed by atoms with Crippen LogP contribution in [-0.4, -0.2) is 42.8 Å². The van der Waals surface area contributed by atoms with E-state index in [0.29, 0.717) is 18.7 Å². The lowest BCUT2D eigenvalue weighted by Gasteiger charge is -2.35. The van der Waals surface area contributed by atoms with E-state index < -0.39 is 0 Å². The van der Waals surface area contributed by atoms with Crippen LogP contribution < -0.4 is 5.32 Å². The van der Waals surface area contributed by atoms with Crippen molar-refractivity contribution in [2.45, 2.75) is 45.7 Å². The second kappa shape index (κ2) is 5.95. The van der Waals surface area contributed by atoms with Gasteiger partial charge in [-0.2, -0.15) is 0 Å². The molecule has 2 atom stereocenters. The largest absolute Gasteiger partial charge is 0.449 e. The molecule has 1 aliphatic rings. The average molecular weight is 214 g/mol. The third-order valence-electron chi connectivity index (χ3n) is 2.54. The lowest BCUT2D eigenvalue weighted by atomic mass is 10.2. The Morgan fingerprint density at radius 2 is 2.00 bits per heavy atom. The first-order valence-electron chi connectivity index (χ1n) is 5.81. The van der Waals surface area contributed by atoms with E-state index in [9.17, 15) is 4.79 Å². The van der Waals surface area contributed by atoms with Gasteiger partial charge in [0, 0.05) is 25.2 Å². The smallest absolute Gasteiger partial charge is 0.409 e. The van der Waals surface area contributed by atoms with E-state index in [0.717, 1.165) is 25.9 Å². The van der Waals surface area contributed by atoms with E-state index >= 15 is 0 Å². The van der Waals surface area contributed by atoms with Crippen molar-refractivity contribution in [1.82, 2.24) is 10.2 Å². The highest BCUT2D eigenvalue weighted by Crippen LogP contribution is 2.06. The average Bonchev–Trinajstić information content (AvgIpc) is 2.16. The van der Waals surface area contributed by atoms with Crippen LogP contribution in [0.3, 0.4) is 0 Å². The third-order valence-corrected chi connectivity index (χ3v) is 2.54. The number of hydrogen-bond donors (Lipinski definition) is 1. The number of unbranched alkanes of at least 4 members (excludes halogenated alkanes) is 1.